The van der Waals surface area contributed by atoms with E-state index in [0.29, 0.717) is 18.5 Å². The minimum atomic E-state index is -0.168. The highest BCUT2D eigenvalue weighted by Crippen LogP contribution is 2.30. The van der Waals surface area contributed by atoms with Gasteiger partial charge in [0.1, 0.15) is 5.69 Å². The Morgan fingerprint density at radius 1 is 1.15 bits per heavy atom. The van der Waals surface area contributed by atoms with Crippen LogP contribution in [0.4, 0.5) is 11.4 Å². The van der Waals surface area contributed by atoms with Gasteiger partial charge in [0.05, 0.1) is 0 Å². The number of aryl methyl sites for hydroxylation is 1. The van der Waals surface area contributed by atoms with Gasteiger partial charge in [-0.15, -0.1) is 0 Å². The van der Waals surface area contributed by atoms with Crippen LogP contribution in [0.2, 0.25) is 0 Å². The van der Waals surface area contributed by atoms with Crippen LogP contribution in [0.3, 0.4) is 0 Å². The average Bonchev–Trinajstić information content (AvgIpc) is 3.08. The third kappa shape index (κ3) is 2.96. The molecule has 1 aliphatic heterocycles. The fourth-order valence-electron chi connectivity index (χ4n) is 3.50. The van der Waals surface area contributed by atoms with Crippen LogP contribution in [0, 0.1) is 0 Å². The zero-order chi connectivity index (χ0) is 18.1. The average molecular weight is 347 g/mol. The normalized spacial score (nSPS) is 13.7. The Balaban J connectivity index is 1.57. The molecule has 26 heavy (non-hydrogen) atoms. The van der Waals surface area contributed by atoms with E-state index >= 15 is 0 Å². The largest absolute Gasteiger partial charge is 0.351 e. The van der Waals surface area contributed by atoms with Crippen molar-refractivity contribution in [3.8, 4) is 0 Å². The van der Waals surface area contributed by atoms with Crippen LogP contribution in [0.5, 0.6) is 0 Å². The lowest BCUT2D eigenvalue weighted by molar-refractivity contribution is -0.118. The van der Waals surface area contributed by atoms with E-state index in [-0.39, 0.29) is 11.8 Å². The molecule has 132 valence electrons. The number of amides is 2. The molecule has 2 amide bonds. The second-order valence-electron chi connectivity index (χ2n) is 6.61. The van der Waals surface area contributed by atoms with E-state index in [1.54, 1.807) is 0 Å². The number of anilines is 2. The molecular formula is C21H21N3O2. The Labute approximate surface area is 152 Å². The maximum atomic E-state index is 12.6. The molecule has 0 fully saturated rings. The number of carbonyl (C=O) groups is 2. The number of benzene rings is 2. The highest BCUT2D eigenvalue weighted by molar-refractivity contribution is 6.06. The van der Waals surface area contributed by atoms with Gasteiger partial charge in [-0.3, -0.25) is 9.59 Å². The van der Waals surface area contributed by atoms with Crippen molar-refractivity contribution in [2.45, 2.75) is 26.2 Å². The molecule has 1 aliphatic rings. The van der Waals surface area contributed by atoms with Gasteiger partial charge in [0.2, 0.25) is 5.91 Å². The second kappa shape index (κ2) is 6.67. The predicted octanol–water partition coefficient (Wildman–Crippen LogP) is 4.11. The molecule has 0 unspecified atom stereocenters. The van der Waals surface area contributed by atoms with Crippen molar-refractivity contribution in [3.63, 3.8) is 0 Å². The van der Waals surface area contributed by atoms with Crippen molar-refractivity contribution >= 4 is 34.1 Å². The van der Waals surface area contributed by atoms with Crippen molar-refractivity contribution < 1.29 is 9.59 Å². The van der Waals surface area contributed by atoms with Crippen LogP contribution in [-0.2, 0) is 11.2 Å². The van der Waals surface area contributed by atoms with E-state index < -0.39 is 0 Å². The van der Waals surface area contributed by atoms with Crippen molar-refractivity contribution in [1.82, 2.24) is 4.98 Å². The lowest BCUT2D eigenvalue weighted by atomic mass is 10.00. The Hall–Kier alpha value is -3.08. The van der Waals surface area contributed by atoms with E-state index in [1.807, 2.05) is 53.4 Å². The molecule has 2 N–H and O–H groups in total. The number of fused-ring (bicyclic) bond motifs is 2. The zero-order valence-corrected chi connectivity index (χ0v) is 14.7. The summed E-state index contributed by atoms with van der Waals surface area (Å²) in [5.74, 6) is 0.00709. The third-order valence-electron chi connectivity index (χ3n) is 4.76. The molecule has 0 radical (unpaired) electrons. The first-order valence-electron chi connectivity index (χ1n) is 8.98. The number of aromatic amines is 1. The van der Waals surface area contributed by atoms with Crippen molar-refractivity contribution in [2.75, 3.05) is 16.8 Å². The Bertz CT molecular complexity index is 957. The number of nitrogens with zero attached hydrogens (tertiary/aromatic N) is 1. The van der Waals surface area contributed by atoms with Gasteiger partial charge in [0, 0.05) is 35.2 Å². The van der Waals surface area contributed by atoms with Gasteiger partial charge < -0.3 is 15.2 Å². The minimum Gasteiger partial charge on any atom is -0.351 e. The van der Waals surface area contributed by atoms with Gasteiger partial charge in [-0.2, -0.15) is 0 Å². The number of nitrogens with one attached hydrogen (secondary N) is 2. The lowest BCUT2D eigenvalue weighted by Gasteiger charge is -2.29. The summed E-state index contributed by atoms with van der Waals surface area (Å²) in [6.07, 6.45) is 2.15. The Morgan fingerprint density at radius 2 is 2.00 bits per heavy atom. The van der Waals surface area contributed by atoms with Crippen LogP contribution < -0.4 is 10.2 Å². The summed E-state index contributed by atoms with van der Waals surface area (Å²) < 4.78 is 0. The molecule has 2 heterocycles. The van der Waals surface area contributed by atoms with Gasteiger partial charge in [0.15, 0.2) is 0 Å². The lowest BCUT2D eigenvalue weighted by Crippen LogP contribution is -2.35. The first-order valence-corrected chi connectivity index (χ1v) is 8.98. The van der Waals surface area contributed by atoms with E-state index in [1.165, 1.54) is 0 Å². The molecule has 5 heteroatoms. The van der Waals surface area contributed by atoms with E-state index in [4.69, 9.17) is 0 Å². The number of aromatic nitrogens is 1. The summed E-state index contributed by atoms with van der Waals surface area (Å²) >= 11 is 0. The monoisotopic (exact) mass is 347 g/mol. The summed E-state index contributed by atoms with van der Waals surface area (Å²) in [6, 6.07) is 15.4. The van der Waals surface area contributed by atoms with Crippen molar-refractivity contribution in [3.05, 3.63) is 59.8 Å². The van der Waals surface area contributed by atoms with E-state index in [9.17, 15) is 9.59 Å². The van der Waals surface area contributed by atoms with Gasteiger partial charge in [0.25, 0.3) is 5.91 Å². The van der Waals surface area contributed by atoms with Crippen LogP contribution in [-0.4, -0.2) is 23.3 Å². The fraction of sp³-hybridized carbons (Fsp3) is 0.238. The highest BCUT2D eigenvalue weighted by Gasteiger charge is 2.23. The molecule has 2 aromatic carbocycles. The van der Waals surface area contributed by atoms with E-state index in [2.05, 4.69) is 17.2 Å². The molecule has 0 spiro atoms. The number of carbonyl (C=O) groups excluding carboxylic acids is 2. The molecule has 0 saturated carbocycles. The number of hydrogen-bond donors (Lipinski definition) is 2. The van der Waals surface area contributed by atoms with Crippen LogP contribution in [0.25, 0.3) is 10.9 Å². The summed E-state index contributed by atoms with van der Waals surface area (Å²) in [5, 5.41) is 3.96. The Kier molecular flexibility index (Phi) is 4.21. The summed E-state index contributed by atoms with van der Waals surface area (Å²) in [5.41, 5.74) is 4.29. The van der Waals surface area contributed by atoms with Crippen LogP contribution in [0.15, 0.2) is 48.5 Å². The molecule has 0 atom stereocenters. The third-order valence-corrected chi connectivity index (χ3v) is 4.76. The maximum Gasteiger partial charge on any atom is 0.272 e. The molecule has 4 rings (SSSR count). The summed E-state index contributed by atoms with van der Waals surface area (Å²) in [6.45, 7) is 2.79. The van der Waals surface area contributed by atoms with Gasteiger partial charge in [-0.05, 0) is 48.7 Å². The zero-order valence-electron chi connectivity index (χ0n) is 14.7. The number of para-hydroxylation sites is 1. The quantitative estimate of drug-likeness (QED) is 0.746. The second-order valence-corrected chi connectivity index (χ2v) is 6.61. The van der Waals surface area contributed by atoms with Gasteiger partial charge in [-0.1, -0.05) is 25.1 Å². The number of rotatable bonds is 4. The molecule has 0 aliphatic carbocycles. The van der Waals surface area contributed by atoms with E-state index in [0.717, 1.165) is 40.8 Å². The van der Waals surface area contributed by atoms with Crippen molar-refractivity contribution in [1.29, 1.82) is 0 Å². The smallest absolute Gasteiger partial charge is 0.272 e. The number of hydrogen-bond acceptors (Lipinski definition) is 2. The van der Waals surface area contributed by atoms with Crippen molar-refractivity contribution in [2.24, 2.45) is 0 Å². The Morgan fingerprint density at radius 3 is 2.81 bits per heavy atom. The first-order chi connectivity index (χ1) is 12.7. The minimum absolute atomic E-state index is 0.168. The molecule has 0 saturated heterocycles. The molecule has 3 aromatic rings. The maximum absolute atomic E-state index is 12.6. The van der Waals surface area contributed by atoms with Gasteiger partial charge in [-0.25, -0.2) is 0 Å². The highest BCUT2D eigenvalue weighted by atomic mass is 16.2. The first kappa shape index (κ1) is 16.4. The number of H-pyrrole nitrogens is 1. The summed E-state index contributed by atoms with van der Waals surface area (Å²) in [7, 11) is 0. The topological polar surface area (TPSA) is 65.2 Å². The van der Waals surface area contributed by atoms with Crippen LogP contribution in [0.1, 0.15) is 35.8 Å². The SMILES string of the molecule is CCCN1C(=O)CCc2cc(NC(=O)c3cc4ccccc4[nH]3)ccc21. The van der Waals surface area contributed by atoms with Crippen LogP contribution >= 0.6 is 0 Å². The standard InChI is InChI=1S/C21H21N3O2/c1-2-11-24-19-9-8-16(12-15(19)7-10-20(24)25)22-21(26)18-13-14-5-3-4-6-17(14)23-18/h3-6,8-9,12-13,23H,2,7,10-11H2,1H3,(H,22,26). The molecule has 5 nitrogen and oxygen atoms in total. The molecular weight excluding hydrogens is 326 g/mol. The predicted molar refractivity (Wildman–Crippen MR) is 104 cm³/mol. The van der Waals surface area contributed by atoms with Gasteiger partial charge >= 0.3 is 0 Å². The fourth-order valence-corrected chi connectivity index (χ4v) is 3.50. The molecule has 1 aromatic heterocycles. The molecule has 0 bridgehead atoms. The summed E-state index contributed by atoms with van der Waals surface area (Å²) in [4.78, 5) is 29.7.